The minimum Gasteiger partial charge on any atom is -0.307 e. The Balaban J connectivity index is 1.90. The minimum atomic E-state index is -0.273. The van der Waals surface area contributed by atoms with Crippen LogP contribution in [0.4, 0.5) is 4.39 Å². The lowest BCUT2D eigenvalue weighted by molar-refractivity contribution is 0.177. The second-order valence-corrected chi connectivity index (χ2v) is 5.40. The van der Waals surface area contributed by atoms with Crippen LogP contribution in [0.3, 0.4) is 0 Å². The van der Waals surface area contributed by atoms with Crippen molar-refractivity contribution in [2.24, 2.45) is 0 Å². The molecular formula is C15H24FN3. The second-order valence-electron chi connectivity index (χ2n) is 5.40. The molecule has 0 aliphatic carbocycles. The quantitative estimate of drug-likeness (QED) is 0.887. The van der Waals surface area contributed by atoms with Gasteiger partial charge in [0.05, 0.1) is 11.9 Å². The third-order valence-corrected chi connectivity index (χ3v) is 4.04. The van der Waals surface area contributed by atoms with E-state index in [-0.39, 0.29) is 11.9 Å². The summed E-state index contributed by atoms with van der Waals surface area (Å²) in [5.41, 5.74) is 0.933. The minimum absolute atomic E-state index is 0.218. The molecule has 0 saturated carbocycles. The van der Waals surface area contributed by atoms with Crippen molar-refractivity contribution in [2.75, 3.05) is 20.1 Å². The average molecular weight is 265 g/mol. The SMILES string of the molecule is CCC(NCC1CCCCN1C)c1ccc(F)cn1. The average Bonchev–Trinajstić information content (AvgIpc) is 2.43. The van der Waals surface area contributed by atoms with Gasteiger partial charge in [-0.15, -0.1) is 0 Å². The smallest absolute Gasteiger partial charge is 0.141 e. The number of nitrogens with one attached hydrogen (secondary N) is 1. The Morgan fingerprint density at radius 2 is 2.32 bits per heavy atom. The summed E-state index contributed by atoms with van der Waals surface area (Å²) in [5, 5.41) is 3.58. The van der Waals surface area contributed by atoms with Gasteiger partial charge in [-0.1, -0.05) is 13.3 Å². The number of hydrogen-bond donors (Lipinski definition) is 1. The highest BCUT2D eigenvalue weighted by Gasteiger charge is 2.20. The van der Waals surface area contributed by atoms with Gasteiger partial charge in [-0.25, -0.2) is 4.39 Å². The van der Waals surface area contributed by atoms with Gasteiger partial charge in [-0.2, -0.15) is 0 Å². The summed E-state index contributed by atoms with van der Waals surface area (Å²) in [5.74, 6) is -0.273. The number of likely N-dealkylation sites (N-methyl/N-ethyl adjacent to an activating group) is 1. The Kier molecular flexibility index (Phi) is 5.28. The van der Waals surface area contributed by atoms with E-state index in [0.29, 0.717) is 6.04 Å². The molecule has 1 aromatic rings. The van der Waals surface area contributed by atoms with Crippen LogP contribution < -0.4 is 5.32 Å². The van der Waals surface area contributed by atoms with Crippen molar-refractivity contribution in [2.45, 2.75) is 44.7 Å². The van der Waals surface area contributed by atoms with Crippen LogP contribution in [0.15, 0.2) is 18.3 Å². The van der Waals surface area contributed by atoms with Crippen LogP contribution in [0.1, 0.15) is 44.3 Å². The van der Waals surface area contributed by atoms with Crippen LogP contribution in [0, 0.1) is 5.82 Å². The van der Waals surface area contributed by atoms with Crippen LogP contribution in [-0.2, 0) is 0 Å². The molecule has 1 fully saturated rings. The van der Waals surface area contributed by atoms with Crippen molar-refractivity contribution in [3.63, 3.8) is 0 Å². The Morgan fingerprint density at radius 3 is 2.95 bits per heavy atom. The molecule has 2 atom stereocenters. The Labute approximate surface area is 115 Å². The fourth-order valence-electron chi connectivity index (χ4n) is 2.73. The first-order chi connectivity index (χ1) is 9.20. The van der Waals surface area contributed by atoms with Crippen molar-refractivity contribution in [3.8, 4) is 0 Å². The summed E-state index contributed by atoms with van der Waals surface area (Å²) in [6.07, 6.45) is 6.16. The fourth-order valence-corrected chi connectivity index (χ4v) is 2.73. The molecule has 1 aliphatic heterocycles. The molecule has 0 spiro atoms. The highest BCUT2D eigenvalue weighted by atomic mass is 19.1. The maximum Gasteiger partial charge on any atom is 0.141 e. The van der Waals surface area contributed by atoms with Crippen molar-refractivity contribution in [1.82, 2.24) is 15.2 Å². The second kappa shape index (κ2) is 6.96. The predicted octanol–water partition coefficient (Wildman–Crippen LogP) is 2.75. The molecule has 2 unspecified atom stereocenters. The van der Waals surface area contributed by atoms with E-state index in [1.807, 2.05) is 0 Å². The standard InChI is InChI=1S/C15H24FN3/c1-3-14(15-8-7-12(16)10-17-15)18-11-13-6-4-5-9-19(13)2/h7-8,10,13-14,18H,3-6,9,11H2,1-2H3. The maximum absolute atomic E-state index is 12.9. The molecule has 19 heavy (non-hydrogen) atoms. The molecule has 106 valence electrons. The number of likely N-dealkylation sites (tertiary alicyclic amines) is 1. The summed E-state index contributed by atoms with van der Waals surface area (Å²) in [7, 11) is 2.20. The number of piperidine rings is 1. The number of halogens is 1. The molecule has 1 aromatic heterocycles. The van der Waals surface area contributed by atoms with E-state index in [1.165, 1.54) is 38.1 Å². The monoisotopic (exact) mass is 265 g/mol. The van der Waals surface area contributed by atoms with Gasteiger partial charge in [0.2, 0.25) is 0 Å². The lowest BCUT2D eigenvalue weighted by Crippen LogP contribution is -2.43. The molecule has 2 heterocycles. The molecule has 0 bridgehead atoms. The van der Waals surface area contributed by atoms with Crippen LogP contribution in [0.25, 0.3) is 0 Å². The van der Waals surface area contributed by atoms with Crippen LogP contribution >= 0.6 is 0 Å². The van der Waals surface area contributed by atoms with E-state index < -0.39 is 0 Å². The normalized spacial score (nSPS) is 22.4. The van der Waals surface area contributed by atoms with Crippen molar-refractivity contribution in [1.29, 1.82) is 0 Å². The summed E-state index contributed by atoms with van der Waals surface area (Å²) < 4.78 is 12.9. The predicted molar refractivity (Wildman–Crippen MR) is 75.5 cm³/mol. The van der Waals surface area contributed by atoms with Gasteiger partial charge in [0.1, 0.15) is 5.82 Å². The number of rotatable bonds is 5. The third kappa shape index (κ3) is 3.98. The maximum atomic E-state index is 12.9. The molecule has 0 amide bonds. The van der Waals surface area contributed by atoms with Gasteiger partial charge in [-0.05, 0) is 45.0 Å². The first kappa shape index (κ1) is 14.4. The highest BCUT2D eigenvalue weighted by Crippen LogP contribution is 2.18. The van der Waals surface area contributed by atoms with Gasteiger partial charge in [0.15, 0.2) is 0 Å². The van der Waals surface area contributed by atoms with E-state index in [9.17, 15) is 4.39 Å². The zero-order valence-corrected chi connectivity index (χ0v) is 11.9. The first-order valence-electron chi connectivity index (χ1n) is 7.25. The number of pyridine rings is 1. The van der Waals surface area contributed by atoms with E-state index in [1.54, 1.807) is 6.07 Å². The molecule has 1 N–H and O–H groups in total. The summed E-state index contributed by atoms with van der Waals surface area (Å²) in [4.78, 5) is 6.61. The lowest BCUT2D eigenvalue weighted by atomic mass is 10.0. The van der Waals surface area contributed by atoms with Gasteiger partial charge in [-0.3, -0.25) is 4.98 Å². The molecule has 0 aromatic carbocycles. The topological polar surface area (TPSA) is 28.2 Å². The van der Waals surface area contributed by atoms with Crippen LogP contribution in [0.2, 0.25) is 0 Å². The Hall–Kier alpha value is -1.00. The molecule has 3 nitrogen and oxygen atoms in total. The zero-order chi connectivity index (χ0) is 13.7. The number of aromatic nitrogens is 1. The Bertz CT molecular complexity index is 379. The largest absolute Gasteiger partial charge is 0.307 e. The van der Waals surface area contributed by atoms with Crippen molar-refractivity contribution >= 4 is 0 Å². The zero-order valence-electron chi connectivity index (χ0n) is 11.9. The van der Waals surface area contributed by atoms with E-state index >= 15 is 0 Å². The van der Waals surface area contributed by atoms with Gasteiger partial charge in [0, 0.05) is 18.6 Å². The first-order valence-corrected chi connectivity index (χ1v) is 7.25. The van der Waals surface area contributed by atoms with E-state index in [0.717, 1.165) is 18.7 Å². The molecular weight excluding hydrogens is 241 g/mol. The number of hydrogen-bond acceptors (Lipinski definition) is 3. The molecule has 1 saturated heterocycles. The summed E-state index contributed by atoms with van der Waals surface area (Å²) in [6, 6.07) is 4.10. The molecule has 0 radical (unpaired) electrons. The van der Waals surface area contributed by atoms with Crippen molar-refractivity contribution < 1.29 is 4.39 Å². The van der Waals surface area contributed by atoms with Crippen LogP contribution in [0.5, 0.6) is 0 Å². The number of nitrogens with zero attached hydrogens (tertiary/aromatic N) is 2. The molecule has 1 aliphatic rings. The van der Waals surface area contributed by atoms with E-state index in [2.05, 4.69) is 29.2 Å². The highest BCUT2D eigenvalue weighted by molar-refractivity contribution is 5.09. The van der Waals surface area contributed by atoms with Crippen LogP contribution in [-0.4, -0.2) is 36.1 Å². The lowest BCUT2D eigenvalue weighted by Gasteiger charge is -2.33. The van der Waals surface area contributed by atoms with E-state index in [4.69, 9.17) is 0 Å². The summed E-state index contributed by atoms with van der Waals surface area (Å²) in [6.45, 7) is 4.30. The van der Waals surface area contributed by atoms with Gasteiger partial charge >= 0.3 is 0 Å². The van der Waals surface area contributed by atoms with Gasteiger partial charge in [0.25, 0.3) is 0 Å². The van der Waals surface area contributed by atoms with Crippen molar-refractivity contribution in [3.05, 3.63) is 29.8 Å². The Morgan fingerprint density at radius 1 is 1.47 bits per heavy atom. The molecule has 4 heteroatoms. The summed E-state index contributed by atoms with van der Waals surface area (Å²) >= 11 is 0. The fraction of sp³-hybridized carbons (Fsp3) is 0.667. The third-order valence-electron chi connectivity index (χ3n) is 4.04. The molecule has 2 rings (SSSR count). The van der Waals surface area contributed by atoms with Gasteiger partial charge < -0.3 is 10.2 Å².